The Labute approximate surface area is 220 Å². The zero-order chi connectivity index (χ0) is 25.8. The third-order valence-corrected chi connectivity index (χ3v) is 6.55. The number of anilines is 2. The predicted octanol–water partition coefficient (Wildman–Crippen LogP) is 4.64. The van der Waals surface area contributed by atoms with Gasteiger partial charge in [0.1, 0.15) is 18.4 Å². The maximum Gasteiger partial charge on any atom is 0.250 e. The number of carbonyl (C=O) groups is 1. The number of thiocarbonyl (C=S) groups is 1. The molecule has 2 atom stereocenters. The number of ether oxygens (including phenoxy) is 2. The third kappa shape index (κ3) is 5.04. The lowest BCUT2D eigenvalue weighted by molar-refractivity contribution is -0.119. The summed E-state index contributed by atoms with van der Waals surface area (Å²) in [4.78, 5) is 18.7. The lowest BCUT2D eigenvalue weighted by atomic mass is 10.0. The number of benzene rings is 2. The minimum Gasteiger partial charge on any atom is -0.497 e. The fourth-order valence-corrected chi connectivity index (χ4v) is 4.93. The molecule has 1 fully saturated rings. The van der Waals surface area contributed by atoms with Crippen LogP contribution >= 0.6 is 12.2 Å². The van der Waals surface area contributed by atoms with Gasteiger partial charge in [0.05, 0.1) is 18.8 Å². The molecule has 8 nitrogen and oxygen atoms in total. The molecule has 0 unspecified atom stereocenters. The van der Waals surface area contributed by atoms with Crippen LogP contribution in [-0.4, -0.2) is 41.4 Å². The number of nitrogens with one attached hydrogen (secondary N) is 2. The van der Waals surface area contributed by atoms with E-state index in [1.54, 1.807) is 13.3 Å². The highest BCUT2D eigenvalue weighted by atomic mass is 32.1. The van der Waals surface area contributed by atoms with E-state index in [0.29, 0.717) is 10.8 Å². The molecule has 1 saturated heterocycles. The summed E-state index contributed by atoms with van der Waals surface area (Å²) in [5.41, 5.74) is 4.53. The first-order chi connectivity index (χ1) is 18.1. The van der Waals surface area contributed by atoms with E-state index in [0.717, 1.165) is 28.5 Å². The number of pyridine rings is 1. The van der Waals surface area contributed by atoms with Crippen LogP contribution < -0.4 is 20.3 Å². The van der Waals surface area contributed by atoms with Crippen molar-refractivity contribution in [1.82, 2.24) is 14.9 Å². The number of hydrogen-bond acceptors (Lipinski definition) is 5. The summed E-state index contributed by atoms with van der Waals surface area (Å²) in [6, 6.07) is 25.2. The molecule has 0 bridgehead atoms. The van der Waals surface area contributed by atoms with Gasteiger partial charge < -0.3 is 29.6 Å². The van der Waals surface area contributed by atoms with E-state index in [4.69, 9.17) is 21.7 Å². The van der Waals surface area contributed by atoms with Gasteiger partial charge >= 0.3 is 0 Å². The highest BCUT2D eigenvalue weighted by molar-refractivity contribution is 7.80. The molecule has 2 aromatic heterocycles. The van der Waals surface area contributed by atoms with Gasteiger partial charge in [0.15, 0.2) is 5.11 Å². The average Bonchev–Trinajstić information content (AvgIpc) is 3.54. The van der Waals surface area contributed by atoms with E-state index in [-0.39, 0.29) is 24.6 Å². The molecular weight excluding hydrogens is 486 g/mol. The van der Waals surface area contributed by atoms with Crippen molar-refractivity contribution in [1.29, 1.82) is 0 Å². The predicted molar refractivity (Wildman–Crippen MR) is 147 cm³/mol. The van der Waals surface area contributed by atoms with Crippen molar-refractivity contribution in [3.05, 3.63) is 103 Å². The summed E-state index contributed by atoms with van der Waals surface area (Å²) >= 11 is 5.86. The normalized spacial score (nSPS) is 16.9. The molecule has 1 amide bonds. The van der Waals surface area contributed by atoms with Crippen molar-refractivity contribution < 1.29 is 14.3 Å². The standard InChI is InChI=1S/C28H27N5O3S/c1-35-18-25(34)30-19-8-10-21(11-9-19)33-27(26(31-28(33)37)23-6-3-4-16-29-23)24-7-5-17-32(24)20-12-14-22(36-2)15-13-20/h3-17,26-27H,18H2,1-2H3,(H,30,34)(H,31,37)/t26-,27+/m0/s1. The Morgan fingerprint density at radius 3 is 2.43 bits per heavy atom. The van der Waals surface area contributed by atoms with Crippen LogP contribution in [-0.2, 0) is 9.53 Å². The maximum absolute atomic E-state index is 11.9. The Bertz CT molecular complexity index is 1370. The van der Waals surface area contributed by atoms with Crippen LogP contribution in [0.4, 0.5) is 11.4 Å². The molecule has 3 heterocycles. The highest BCUT2D eigenvalue weighted by Crippen LogP contribution is 2.42. The number of rotatable bonds is 8. The van der Waals surface area contributed by atoms with Crippen LogP contribution in [0.2, 0.25) is 0 Å². The van der Waals surface area contributed by atoms with Gasteiger partial charge in [0.2, 0.25) is 5.91 Å². The molecule has 2 N–H and O–H groups in total. The maximum atomic E-state index is 11.9. The summed E-state index contributed by atoms with van der Waals surface area (Å²) in [5.74, 6) is 0.589. The summed E-state index contributed by atoms with van der Waals surface area (Å²) in [6.07, 6.45) is 3.83. The molecule has 0 radical (unpaired) electrons. The number of aromatic nitrogens is 2. The minimum absolute atomic E-state index is 0.00192. The van der Waals surface area contributed by atoms with Crippen LogP contribution in [0, 0.1) is 0 Å². The number of methoxy groups -OCH3 is 2. The first kappa shape index (κ1) is 24.5. The van der Waals surface area contributed by atoms with E-state index in [9.17, 15) is 4.79 Å². The van der Waals surface area contributed by atoms with E-state index >= 15 is 0 Å². The average molecular weight is 514 g/mol. The van der Waals surface area contributed by atoms with Crippen LogP contribution in [0.5, 0.6) is 5.75 Å². The van der Waals surface area contributed by atoms with Crippen molar-refractivity contribution in [2.75, 3.05) is 31.0 Å². The van der Waals surface area contributed by atoms with E-state index in [1.165, 1.54) is 7.11 Å². The van der Waals surface area contributed by atoms with Gasteiger partial charge in [0, 0.05) is 42.3 Å². The molecule has 2 aromatic carbocycles. The molecule has 188 valence electrons. The molecule has 4 aromatic rings. The number of carbonyl (C=O) groups excluding carboxylic acids is 1. The molecule has 5 rings (SSSR count). The van der Waals surface area contributed by atoms with Gasteiger partial charge in [0.25, 0.3) is 0 Å². The summed E-state index contributed by atoms with van der Waals surface area (Å²) in [7, 11) is 3.15. The Kier molecular flexibility index (Phi) is 7.16. The summed E-state index contributed by atoms with van der Waals surface area (Å²) in [6.45, 7) is -0.00192. The van der Waals surface area contributed by atoms with Crippen LogP contribution in [0.3, 0.4) is 0 Å². The number of amides is 1. The van der Waals surface area contributed by atoms with Crippen molar-refractivity contribution in [3.63, 3.8) is 0 Å². The molecule has 0 aliphatic carbocycles. The molecule has 0 saturated carbocycles. The zero-order valence-corrected chi connectivity index (χ0v) is 21.3. The van der Waals surface area contributed by atoms with Crippen LogP contribution in [0.25, 0.3) is 5.69 Å². The van der Waals surface area contributed by atoms with E-state index in [1.807, 2.05) is 79.0 Å². The number of hydrogen-bond donors (Lipinski definition) is 2. The van der Waals surface area contributed by atoms with Crippen molar-refractivity contribution in [3.8, 4) is 11.4 Å². The molecule has 37 heavy (non-hydrogen) atoms. The first-order valence-electron chi connectivity index (χ1n) is 11.8. The lowest BCUT2D eigenvalue weighted by Crippen LogP contribution is -2.30. The minimum atomic E-state index is -0.209. The lowest BCUT2D eigenvalue weighted by Gasteiger charge is -2.29. The SMILES string of the molecule is COCC(=O)Nc1ccc(N2C(=S)N[C@@H](c3ccccn3)[C@H]2c2cccn2-c2ccc(OC)cc2)cc1. The van der Waals surface area contributed by atoms with Crippen molar-refractivity contribution in [2.45, 2.75) is 12.1 Å². The van der Waals surface area contributed by atoms with Crippen LogP contribution in [0.1, 0.15) is 23.5 Å². The Morgan fingerprint density at radius 1 is 1.00 bits per heavy atom. The largest absolute Gasteiger partial charge is 0.497 e. The Hall–Kier alpha value is -4.21. The molecule has 1 aliphatic rings. The van der Waals surface area contributed by atoms with E-state index in [2.05, 4.69) is 31.2 Å². The van der Waals surface area contributed by atoms with Gasteiger partial charge in [-0.05, 0) is 85.0 Å². The van der Waals surface area contributed by atoms with Gasteiger partial charge in [-0.1, -0.05) is 6.07 Å². The van der Waals surface area contributed by atoms with Gasteiger partial charge in [-0.15, -0.1) is 0 Å². The number of nitrogens with zero attached hydrogens (tertiary/aromatic N) is 3. The third-order valence-electron chi connectivity index (χ3n) is 6.24. The topological polar surface area (TPSA) is 80.7 Å². The highest BCUT2D eigenvalue weighted by Gasteiger charge is 2.42. The van der Waals surface area contributed by atoms with Crippen molar-refractivity contribution in [2.24, 2.45) is 0 Å². The second-order valence-electron chi connectivity index (χ2n) is 8.53. The second kappa shape index (κ2) is 10.8. The molecule has 9 heteroatoms. The van der Waals surface area contributed by atoms with E-state index < -0.39 is 0 Å². The Balaban J connectivity index is 1.55. The first-order valence-corrected chi connectivity index (χ1v) is 12.2. The molecule has 0 spiro atoms. The summed E-state index contributed by atoms with van der Waals surface area (Å²) < 4.78 is 12.4. The fraction of sp³-hybridized carbons (Fsp3) is 0.179. The molecular formula is C28H27N5O3S. The zero-order valence-electron chi connectivity index (χ0n) is 20.5. The van der Waals surface area contributed by atoms with Gasteiger partial charge in [-0.25, -0.2) is 0 Å². The smallest absolute Gasteiger partial charge is 0.250 e. The fourth-order valence-electron chi connectivity index (χ4n) is 4.58. The van der Waals surface area contributed by atoms with Gasteiger partial charge in [-0.2, -0.15) is 0 Å². The quantitative estimate of drug-likeness (QED) is 0.332. The van der Waals surface area contributed by atoms with Gasteiger partial charge in [-0.3, -0.25) is 9.78 Å². The summed E-state index contributed by atoms with van der Waals surface area (Å²) in [5, 5.41) is 6.92. The Morgan fingerprint density at radius 2 is 1.76 bits per heavy atom. The van der Waals surface area contributed by atoms with Crippen LogP contribution in [0.15, 0.2) is 91.3 Å². The monoisotopic (exact) mass is 513 g/mol. The van der Waals surface area contributed by atoms with Crippen molar-refractivity contribution >= 4 is 34.6 Å². The molecule has 1 aliphatic heterocycles. The second-order valence-corrected chi connectivity index (χ2v) is 8.91.